The van der Waals surface area contributed by atoms with E-state index in [4.69, 9.17) is 0 Å². The molecule has 1 amide bonds. The van der Waals surface area contributed by atoms with Gasteiger partial charge in [0.25, 0.3) is 5.91 Å². The van der Waals surface area contributed by atoms with E-state index in [0.717, 1.165) is 0 Å². The Kier molecular flexibility index (Phi) is 3.96. The van der Waals surface area contributed by atoms with Crippen molar-refractivity contribution >= 4 is 27.8 Å². The van der Waals surface area contributed by atoms with Gasteiger partial charge < -0.3 is 9.64 Å². The van der Waals surface area contributed by atoms with Crippen LogP contribution in [0.1, 0.15) is 16.8 Å². The molecule has 0 radical (unpaired) electrons. The lowest BCUT2D eigenvalue weighted by molar-refractivity contribution is -0.144. The van der Waals surface area contributed by atoms with E-state index in [1.165, 1.54) is 13.3 Å². The molecule has 6 heteroatoms. The molecule has 1 fully saturated rings. The van der Waals surface area contributed by atoms with E-state index in [2.05, 4.69) is 25.7 Å². The molecule has 96 valence electrons. The monoisotopic (exact) mass is 312 g/mol. The van der Waals surface area contributed by atoms with Crippen molar-refractivity contribution in [1.82, 2.24) is 9.88 Å². The van der Waals surface area contributed by atoms with Crippen LogP contribution in [0.5, 0.6) is 0 Å². The molecule has 1 unspecified atom stereocenters. The van der Waals surface area contributed by atoms with Crippen LogP contribution in [0.3, 0.4) is 0 Å². The molecule has 18 heavy (non-hydrogen) atoms. The number of hydrogen-bond donors (Lipinski definition) is 0. The lowest BCUT2D eigenvalue weighted by Crippen LogP contribution is -2.30. The van der Waals surface area contributed by atoms with Crippen molar-refractivity contribution in [3.63, 3.8) is 0 Å². The molecule has 0 spiro atoms. The van der Waals surface area contributed by atoms with Gasteiger partial charge in [0.2, 0.25) is 0 Å². The SMILES string of the molecule is COC(=O)C1CCN(C(=O)c2ccc(Br)nc2)C1. The predicted molar refractivity (Wildman–Crippen MR) is 68.0 cm³/mol. The highest BCUT2D eigenvalue weighted by Gasteiger charge is 2.32. The van der Waals surface area contributed by atoms with Gasteiger partial charge in [0.1, 0.15) is 4.60 Å². The molecular formula is C12H13BrN2O3. The third-order valence-corrected chi connectivity index (χ3v) is 3.45. The van der Waals surface area contributed by atoms with Gasteiger partial charge in [-0.15, -0.1) is 0 Å². The Morgan fingerprint density at radius 1 is 1.50 bits per heavy atom. The summed E-state index contributed by atoms with van der Waals surface area (Å²) in [6.45, 7) is 0.996. The largest absolute Gasteiger partial charge is 0.469 e. The van der Waals surface area contributed by atoms with Crippen LogP contribution in [-0.2, 0) is 9.53 Å². The number of rotatable bonds is 2. The Hall–Kier alpha value is -1.43. The summed E-state index contributed by atoms with van der Waals surface area (Å²) in [6, 6.07) is 3.44. The molecule has 0 saturated carbocycles. The number of amides is 1. The zero-order valence-corrected chi connectivity index (χ0v) is 11.5. The molecule has 5 nitrogen and oxygen atoms in total. The minimum Gasteiger partial charge on any atom is -0.469 e. The second kappa shape index (κ2) is 5.48. The van der Waals surface area contributed by atoms with Crippen molar-refractivity contribution in [1.29, 1.82) is 0 Å². The molecule has 2 heterocycles. The molecule has 1 aliphatic rings. The Balaban J connectivity index is 2.03. The molecule has 0 aliphatic carbocycles. The molecular weight excluding hydrogens is 300 g/mol. The number of esters is 1. The number of ether oxygens (including phenoxy) is 1. The highest BCUT2D eigenvalue weighted by Crippen LogP contribution is 2.20. The van der Waals surface area contributed by atoms with E-state index >= 15 is 0 Å². The molecule has 1 saturated heterocycles. The summed E-state index contributed by atoms with van der Waals surface area (Å²) in [7, 11) is 1.37. The number of halogens is 1. The third-order valence-electron chi connectivity index (χ3n) is 2.98. The molecule has 0 N–H and O–H groups in total. The summed E-state index contributed by atoms with van der Waals surface area (Å²) in [4.78, 5) is 29.2. The molecule has 1 atom stereocenters. The van der Waals surface area contributed by atoms with Gasteiger partial charge in [-0.1, -0.05) is 0 Å². The van der Waals surface area contributed by atoms with Crippen molar-refractivity contribution in [3.8, 4) is 0 Å². The molecule has 1 aromatic rings. The summed E-state index contributed by atoms with van der Waals surface area (Å²) in [5, 5.41) is 0. The number of methoxy groups -OCH3 is 1. The van der Waals surface area contributed by atoms with Gasteiger partial charge in [0, 0.05) is 19.3 Å². The highest BCUT2D eigenvalue weighted by atomic mass is 79.9. The van der Waals surface area contributed by atoms with Crippen LogP contribution in [-0.4, -0.2) is 42.0 Å². The van der Waals surface area contributed by atoms with E-state index in [-0.39, 0.29) is 17.8 Å². The number of aromatic nitrogens is 1. The van der Waals surface area contributed by atoms with Gasteiger partial charge in [-0.25, -0.2) is 4.98 Å². The quantitative estimate of drug-likeness (QED) is 0.613. The second-order valence-corrected chi connectivity index (χ2v) is 4.94. The Bertz CT molecular complexity index is 461. The zero-order chi connectivity index (χ0) is 13.1. The van der Waals surface area contributed by atoms with Crippen molar-refractivity contribution < 1.29 is 14.3 Å². The van der Waals surface area contributed by atoms with E-state index in [0.29, 0.717) is 29.7 Å². The van der Waals surface area contributed by atoms with Crippen LogP contribution in [0.25, 0.3) is 0 Å². The van der Waals surface area contributed by atoms with E-state index in [1.54, 1.807) is 17.0 Å². The standard InChI is InChI=1S/C12H13BrN2O3/c1-18-12(17)9-4-5-15(7-9)11(16)8-2-3-10(13)14-6-8/h2-3,6,9H,4-5,7H2,1H3. The van der Waals surface area contributed by atoms with Crippen LogP contribution in [0.4, 0.5) is 0 Å². The minimum absolute atomic E-state index is 0.0959. The van der Waals surface area contributed by atoms with Crippen molar-refractivity contribution in [2.45, 2.75) is 6.42 Å². The van der Waals surface area contributed by atoms with E-state index in [1.807, 2.05) is 0 Å². The average molecular weight is 313 g/mol. The summed E-state index contributed by atoms with van der Waals surface area (Å²) in [5.74, 6) is -0.553. The Labute approximate surface area is 113 Å². The van der Waals surface area contributed by atoms with Crippen LogP contribution in [0.15, 0.2) is 22.9 Å². The number of pyridine rings is 1. The van der Waals surface area contributed by atoms with Crippen molar-refractivity contribution in [2.75, 3.05) is 20.2 Å². The highest BCUT2D eigenvalue weighted by molar-refractivity contribution is 9.10. The molecule has 0 bridgehead atoms. The van der Waals surface area contributed by atoms with Crippen LogP contribution in [0.2, 0.25) is 0 Å². The molecule has 0 aromatic carbocycles. The van der Waals surface area contributed by atoms with Gasteiger partial charge >= 0.3 is 5.97 Å². The third kappa shape index (κ3) is 2.69. The Morgan fingerprint density at radius 3 is 2.89 bits per heavy atom. The first-order chi connectivity index (χ1) is 8.61. The number of carbonyl (C=O) groups is 2. The van der Waals surface area contributed by atoms with Crippen LogP contribution in [0, 0.1) is 5.92 Å². The maximum atomic E-state index is 12.1. The van der Waals surface area contributed by atoms with Gasteiger partial charge in [0.05, 0.1) is 18.6 Å². The zero-order valence-electron chi connectivity index (χ0n) is 9.93. The first-order valence-electron chi connectivity index (χ1n) is 5.60. The first kappa shape index (κ1) is 13.0. The lowest BCUT2D eigenvalue weighted by atomic mass is 10.1. The summed E-state index contributed by atoms with van der Waals surface area (Å²) < 4.78 is 5.38. The first-order valence-corrected chi connectivity index (χ1v) is 6.39. The number of carbonyl (C=O) groups excluding carboxylic acids is 2. The fourth-order valence-corrected chi connectivity index (χ4v) is 2.22. The fourth-order valence-electron chi connectivity index (χ4n) is 1.99. The van der Waals surface area contributed by atoms with Gasteiger partial charge in [-0.3, -0.25) is 9.59 Å². The normalized spacial score (nSPS) is 18.8. The van der Waals surface area contributed by atoms with Crippen molar-refractivity contribution in [3.05, 3.63) is 28.5 Å². The lowest BCUT2D eigenvalue weighted by Gasteiger charge is -2.15. The summed E-state index contributed by atoms with van der Waals surface area (Å²) in [6.07, 6.45) is 2.18. The average Bonchev–Trinajstić information content (AvgIpc) is 2.87. The number of likely N-dealkylation sites (tertiary alicyclic amines) is 1. The van der Waals surface area contributed by atoms with Gasteiger partial charge in [0.15, 0.2) is 0 Å². The maximum Gasteiger partial charge on any atom is 0.310 e. The summed E-state index contributed by atoms with van der Waals surface area (Å²) in [5.41, 5.74) is 0.531. The van der Waals surface area contributed by atoms with Crippen molar-refractivity contribution in [2.24, 2.45) is 5.92 Å². The van der Waals surface area contributed by atoms with Crippen LogP contribution < -0.4 is 0 Å². The molecule has 1 aliphatic heterocycles. The van der Waals surface area contributed by atoms with E-state index in [9.17, 15) is 9.59 Å². The minimum atomic E-state index is -0.251. The molecule has 1 aromatic heterocycles. The van der Waals surface area contributed by atoms with Crippen LogP contribution >= 0.6 is 15.9 Å². The Morgan fingerprint density at radius 2 is 2.28 bits per heavy atom. The fraction of sp³-hybridized carbons (Fsp3) is 0.417. The second-order valence-electron chi connectivity index (χ2n) is 4.13. The smallest absolute Gasteiger partial charge is 0.310 e. The number of nitrogens with zero attached hydrogens (tertiary/aromatic N) is 2. The van der Waals surface area contributed by atoms with E-state index < -0.39 is 0 Å². The number of hydrogen-bond acceptors (Lipinski definition) is 4. The maximum absolute atomic E-state index is 12.1. The summed E-state index contributed by atoms with van der Waals surface area (Å²) >= 11 is 3.22. The van der Waals surface area contributed by atoms with Gasteiger partial charge in [-0.2, -0.15) is 0 Å². The topological polar surface area (TPSA) is 59.5 Å². The van der Waals surface area contributed by atoms with Gasteiger partial charge in [-0.05, 0) is 34.5 Å². The predicted octanol–water partition coefficient (Wildman–Crippen LogP) is 1.48. The molecule has 2 rings (SSSR count).